The van der Waals surface area contributed by atoms with Gasteiger partial charge in [0.1, 0.15) is 11.6 Å². The molecule has 0 aromatic carbocycles. The van der Waals surface area contributed by atoms with Crippen LogP contribution >= 0.6 is 0 Å². The highest BCUT2D eigenvalue weighted by Crippen LogP contribution is 2.62. The van der Waals surface area contributed by atoms with Gasteiger partial charge in [0.05, 0.1) is 11.8 Å². The largest absolute Gasteiger partial charge is 0.480 e. The van der Waals surface area contributed by atoms with Gasteiger partial charge in [0.25, 0.3) is 5.92 Å². The van der Waals surface area contributed by atoms with Crippen molar-refractivity contribution in [3.63, 3.8) is 0 Å². The summed E-state index contributed by atoms with van der Waals surface area (Å²) in [7, 11) is 0. The summed E-state index contributed by atoms with van der Waals surface area (Å²) >= 11 is 0. The summed E-state index contributed by atoms with van der Waals surface area (Å²) in [6, 6.07) is -1.49. The highest BCUT2D eigenvalue weighted by Gasteiger charge is 2.78. The molecule has 0 aromatic heterocycles. The van der Waals surface area contributed by atoms with Crippen molar-refractivity contribution >= 4 is 12.1 Å². The number of likely N-dealkylation sites (tertiary alicyclic amines) is 1. The van der Waals surface area contributed by atoms with Gasteiger partial charge in [-0.2, -0.15) is 0 Å². The Bertz CT molecular complexity index is 404. The van der Waals surface area contributed by atoms with Crippen molar-refractivity contribution in [2.75, 3.05) is 6.54 Å². The van der Waals surface area contributed by atoms with Gasteiger partial charge in [-0.25, -0.2) is 18.4 Å². The monoisotopic (exact) mass is 263 g/mol. The molecular weight excluding hydrogens is 248 g/mol. The van der Waals surface area contributed by atoms with Gasteiger partial charge in [-0.05, 0) is 20.8 Å². The van der Waals surface area contributed by atoms with Crippen LogP contribution in [0.1, 0.15) is 20.8 Å². The average molecular weight is 263 g/mol. The number of rotatable bonds is 1. The molecular formula is C11H15F2NO4. The Kier molecular flexibility index (Phi) is 2.57. The smallest absolute Gasteiger partial charge is 0.411 e. The van der Waals surface area contributed by atoms with E-state index in [2.05, 4.69) is 0 Å². The van der Waals surface area contributed by atoms with Crippen LogP contribution in [0.15, 0.2) is 0 Å². The number of carboxylic acid groups (broad SMARTS) is 1. The summed E-state index contributed by atoms with van der Waals surface area (Å²) in [5.41, 5.74) is -0.782. The van der Waals surface area contributed by atoms with Gasteiger partial charge in [-0.1, -0.05) is 0 Å². The number of amides is 1. The van der Waals surface area contributed by atoms with Crippen molar-refractivity contribution in [2.24, 2.45) is 11.8 Å². The molecule has 0 aromatic rings. The Balaban J connectivity index is 2.12. The van der Waals surface area contributed by atoms with Crippen molar-refractivity contribution in [3.8, 4) is 0 Å². The number of carbonyl (C=O) groups excluding carboxylic acids is 1. The second-order valence-electron chi connectivity index (χ2n) is 5.72. The van der Waals surface area contributed by atoms with Gasteiger partial charge in [-0.15, -0.1) is 0 Å². The van der Waals surface area contributed by atoms with Gasteiger partial charge in [0, 0.05) is 6.54 Å². The standard InChI is InChI=1S/C11H15F2NO4/c1-10(2,3)18-9(17)14-4-5-6(11(5,12)13)7(14)8(15)16/h5-7H,4H2,1-3H3,(H,15,16). The van der Waals surface area contributed by atoms with Gasteiger partial charge in [-0.3, -0.25) is 4.90 Å². The predicted octanol–water partition coefficient (Wildman–Crippen LogP) is 1.57. The van der Waals surface area contributed by atoms with E-state index in [4.69, 9.17) is 9.84 Å². The SMILES string of the molecule is CC(C)(C)OC(=O)N1CC2C(C1C(=O)O)C2(F)F. The summed E-state index contributed by atoms with van der Waals surface area (Å²) < 4.78 is 31.4. The fourth-order valence-corrected chi connectivity index (χ4v) is 2.40. The minimum Gasteiger partial charge on any atom is -0.480 e. The second kappa shape index (κ2) is 3.55. The van der Waals surface area contributed by atoms with Gasteiger partial charge in [0.2, 0.25) is 0 Å². The lowest BCUT2D eigenvalue weighted by Crippen LogP contribution is -2.47. The number of hydrogen-bond donors (Lipinski definition) is 1. The number of alkyl halides is 2. The molecule has 0 spiro atoms. The molecule has 2 rings (SSSR count). The number of piperidine rings is 1. The third-order valence-corrected chi connectivity index (χ3v) is 3.21. The summed E-state index contributed by atoms with van der Waals surface area (Å²) in [4.78, 5) is 23.7. The van der Waals surface area contributed by atoms with E-state index in [1.807, 2.05) is 0 Å². The lowest BCUT2D eigenvalue weighted by atomic mass is 10.2. The molecule has 18 heavy (non-hydrogen) atoms. The fourth-order valence-electron chi connectivity index (χ4n) is 2.40. The fraction of sp³-hybridized carbons (Fsp3) is 0.818. The van der Waals surface area contributed by atoms with E-state index in [1.54, 1.807) is 20.8 Å². The van der Waals surface area contributed by atoms with Crippen LogP contribution in [0.2, 0.25) is 0 Å². The quantitative estimate of drug-likeness (QED) is 0.779. The molecule has 3 unspecified atom stereocenters. The minimum atomic E-state index is -2.97. The zero-order valence-electron chi connectivity index (χ0n) is 10.3. The van der Waals surface area contributed by atoms with Crippen molar-refractivity contribution in [3.05, 3.63) is 0 Å². The maximum atomic E-state index is 13.2. The number of carboxylic acids is 1. The molecule has 0 bridgehead atoms. The molecule has 1 aliphatic heterocycles. The lowest BCUT2D eigenvalue weighted by Gasteiger charge is -2.29. The van der Waals surface area contributed by atoms with Crippen LogP contribution in [0.25, 0.3) is 0 Å². The Morgan fingerprint density at radius 1 is 1.39 bits per heavy atom. The summed E-state index contributed by atoms with van der Waals surface area (Å²) in [5, 5.41) is 8.98. The Morgan fingerprint density at radius 3 is 2.39 bits per heavy atom. The highest BCUT2D eigenvalue weighted by atomic mass is 19.3. The van der Waals surface area contributed by atoms with E-state index < -0.39 is 41.5 Å². The highest BCUT2D eigenvalue weighted by molar-refractivity contribution is 5.82. The Labute approximate surface area is 103 Å². The number of carbonyl (C=O) groups is 2. The van der Waals surface area contributed by atoms with E-state index in [-0.39, 0.29) is 6.54 Å². The zero-order valence-corrected chi connectivity index (χ0v) is 10.3. The first-order chi connectivity index (χ1) is 8.05. The normalized spacial score (nSPS) is 32.9. The first-order valence-electron chi connectivity index (χ1n) is 5.66. The van der Waals surface area contributed by atoms with Crippen LogP contribution in [0, 0.1) is 11.8 Å². The first kappa shape index (κ1) is 13.0. The van der Waals surface area contributed by atoms with E-state index in [9.17, 15) is 18.4 Å². The molecule has 1 N–H and O–H groups in total. The van der Waals surface area contributed by atoms with Crippen LogP contribution < -0.4 is 0 Å². The van der Waals surface area contributed by atoms with E-state index in [0.29, 0.717) is 0 Å². The van der Waals surface area contributed by atoms with E-state index in [0.717, 1.165) is 4.90 Å². The van der Waals surface area contributed by atoms with Crippen LogP contribution in [0.4, 0.5) is 13.6 Å². The topological polar surface area (TPSA) is 66.8 Å². The number of nitrogens with zero attached hydrogens (tertiary/aromatic N) is 1. The number of hydrogen-bond acceptors (Lipinski definition) is 3. The molecule has 1 aliphatic carbocycles. The van der Waals surface area contributed by atoms with Crippen LogP contribution in [0.5, 0.6) is 0 Å². The minimum absolute atomic E-state index is 0.260. The average Bonchev–Trinajstić information content (AvgIpc) is 2.59. The van der Waals surface area contributed by atoms with E-state index >= 15 is 0 Å². The summed E-state index contributed by atoms with van der Waals surface area (Å²) in [6.07, 6.45) is -0.849. The third-order valence-electron chi connectivity index (χ3n) is 3.21. The summed E-state index contributed by atoms with van der Waals surface area (Å²) in [5.74, 6) is -6.71. The van der Waals surface area contributed by atoms with Gasteiger partial charge < -0.3 is 9.84 Å². The first-order valence-corrected chi connectivity index (χ1v) is 5.66. The van der Waals surface area contributed by atoms with Crippen LogP contribution in [0.3, 0.4) is 0 Å². The molecule has 1 saturated heterocycles. The van der Waals surface area contributed by atoms with Crippen molar-refractivity contribution in [1.82, 2.24) is 4.90 Å². The summed E-state index contributed by atoms with van der Waals surface area (Å²) in [6.45, 7) is 4.63. The molecule has 0 radical (unpaired) electrons. The molecule has 1 saturated carbocycles. The maximum absolute atomic E-state index is 13.2. The molecule has 1 amide bonds. The molecule has 2 aliphatic rings. The number of fused-ring (bicyclic) bond motifs is 1. The molecule has 5 nitrogen and oxygen atoms in total. The number of ether oxygens (including phenoxy) is 1. The predicted molar refractivity (Wildman–Crippen MR) is 56.3 cm³/mol. The van der Waals surface area contributed by atoms with Crippen molar-refractivity contribution < 1.29 is 28.2 Å². The Morgan fingerprint density at radius 2 is 1.94 bits per heavy atom. The maximum Gasteiger partial charge on any atom is 0.411 e. The molecule has 3 atom stereocenters. The van der Waals surface area contributed by atoms with Gasteiger partial charge in [0.15, 0.2) is 0 Å². The molecule has 1 heterocycles. The van der Waals surface area contributed by atoms with Crippen LogP contribution in [-0.4, -0.2) is 46.2 Å². The third kappa shape index (κ3) is 1.91. The van der Waals surface area contributed by atoms with Crippen molar-refractivity contribution in [1.29, 1.82) is 0 Å². The van der Waals surface area contributed by atoms with Crippen molar-refractivity contribution in [2.45, 2.75) is 38.3 Å². The lowest BCUT2D eigenvalue weighted by molar-refractivity contribution is -0.144. The number of halogens is 2. The number of aliphatic carboxylic acids is 1. The Hall–Kier alpha value is -1.40. The molecule has 7 heteroatoms. The molecule has 2 fully saturated rings. The van der Waals surface area contributed by atoms with E-state index in [1.165, 1.54) is 0 Å². The van der Waals surface area contributed by atoms with Gasteiger partial charge >= 0.3 is 12.1 Å². The zero-order chi connectivity index (χ0) is 13.9. The second-order valence-corrected chi connectivity index (χ2v) is 5.72. The van der Waals surface area contributed by atoms with Crippen LogP contribution in [-0.2, 0) is 9.53 Å². The molecule has 102 valence electrons.